The molecule has 0 aromatic carbocycles. The monoisotopic (exact) mass is 410 g/mol. The standard InChI is InChI=1S/C16H19F9N2/c1-27-12-6-4-10(5-7-12)11(9-26)3-2-8-13(17,18)14(19,20)15(21,22)16(23,24)25/h10-11H,2-8H2,1H3. The molecule has 0 N–H and O–H groups in total. The Morgan fingerprint density at radius 2 is 1.52 bits per heavy atom. The van der Waals surface area contributed by atoms with Crippen LogP contribution in [0.5, 0.6) is 0 Å². The molecule has 1 unspecified atom stereocenters. The van der Waals surface area contributed by atoms with Crippen LogP contribution in [0.15, 0.2) is 4.99 Å². The first kappa shape index (κ1) is 23.6. The minimum Gasteiger partial charge on any atom is -0.297 e. The molecule has 1 rings (SSSR count). The second-order valence-electron chi connectivity index (χ2n) is 6.61. The summed E-state index contributed by atoms with van der Waals surface area (Å²) in [5.41, 5.74) is 0.934. The van der Waals surface area contributed by atoms with Gasteiger partial charge in [-0.1, -0.05) is 0 Å². The topological polar surface area (TPSA) is 36.1 Å². The quantitative estimate of drug-likeness (QED) is 0.473. The summed E-state index contributed by atoms with van der Waals surface area (Å²) in [7, 11) is 1.61. The van der Waals surface area contributed by atoms with Gasteiger partial charge < -0.3 is 0 Å². The molecule has 0 aromatic heterocycles. The molecule has 1 fully saturated rings. The zero-order valence-electron chi connectivity index (χ0n) is 14.4. The Labute approximate surface area is 150 Å². The van der Waals surface area contributed by atoms with E-state index in [0.29, 0.717) is 25.7 Å². The molecule has 1 aliphatic carbocycles. The second kappa shape index (κ2) is 8.27. The number of alkyl halides is 9. The van der Waals surface area contributed by atoms with Gasteiger partial charge in [0.25, 0.3) is 0 Å². The van der Waals surface area contributed by atoms with Crippen molar-refractivity contribution in [2.75, 3.05) is 7.05 Å². The largest absolute Gasteiger partial charge is 0.460 e. The Balaban J connectivity index is 2.71. The molecule has 1 aliphatic rings. The van der Waals surface area contributed by atoms with E-state index in [2.05, 4.69) is 4.99 Å². The van der Waals surface area contributed by atoms with Gasteiger partial charge in [0.2, 0.25) is 0 Å². The number of nitriles is 1. The van der Waals surface area contributed by atoms with Crippen LogP contribution >= 0.6 is 0 Å². The first-order valence-corrected chi connectivity index (χ1v) is 8.25. The van der Waals surface area contributed by atoms with Crippen LogP contribution in [0.25, 0.3) is 0 Å². The van der Waals surface area contributed by atoms with Gasteiger partial charge >= 0.3 is 23.9 Å². The van der Waals surface area contributed by atoms with Crippen LogP contribution < -0.4 is 0 Å². The van der Waals surface area contributed by atoms with E-state index in [-0.39, 0.29) is 12.3 Å². The Morgan fingerprint density at radius 3 is 1.93 bits per heavy atom. The van der Waals surface area contributed by atoms with Crippen LogP contribution in [0.2, 0.25) is 0 Å². The molecule has 0 heterocycles. The van der Waals surface area contributed by atoms with Crippen molar-refractivity contribution in [2.45, 2.75) is 68.9 Å². The smallest absolute Gasteiger partial charge is 0.297 e. The summed E-state index contributed by atoms with van der Waals surface area (Å²) in [6.45, 7) is 0. The molecule has 1 saturated carbocycles. The van der Waals surface area contributed by atoms with Crippen LogP contribution in [0.4, 0.5) is 39.5 Å². The highest BCUT2D eigenvalue weighted by Gasteiger charge is 2.81. The molecule has 0 radical (unpaired) electrons. The van der Waals surface area contributed by atoms with E-state index in [4.69, 9.17) is 5.26 Å². The maximum atomic E-state index is 13.5. The van der Waals surface area contributed by atoms with Gasteiger partial charge in [0.15, 0.2) is 0 Å². The van der Waals surface area contributed by atoms with E-state index in [1.54, 1.807) is 7.05 Å². The van der Waals surface area contributed by atoms with Crippen molar-refractivity contribution in [1.29, 1.82) is 5.26 Å². The molecular formula is C16H19F9N2. The fourth-order valence-corrected chi connectivity index (χ4v) is 3.11. The van der Waals surface area contributed by atoms with E-state index >= 15 is 0 Å². The third-order valence-electron chi connectivity index (χ3n) is 4.87. The SMILES string of the molecule is CN=C1CCC(C(C#N)CCCC(F)(F)C(F)(F)C(F)(F)C(F)(F)F)CC1. The lowest BCUT2D eigenvalue weighted by Crippen LogP contribution is -2.60. The van der Waals surface area contributed by atoms with Gasteiger partial charge in [0.1, 0.15) is 0 Å². The average Bonchev–Trinajstić information content (AvgIpc) is 2.57. The van der Waals surface area contributed by atoms with Crippen molar-refractivity contribution < 1.29 is 39.5 Å². The molecule has 0 aliphatic heterocycles. The molecule has 0 saturated heterocycles. The molecule has 0 spiro atoms. The van der Waals surface area contributed by atoms with Crippen molar-refractivity contribution in [3.05, 3.63) is 0 Å². The van der Waals surface area contributed by atoms with Gasteiger partial charge in [-0.3, -0.25) is 4.99 Å². The Hall–Kier alpha value is -1.47. The van der Waals surface area contributed by atoms with E-state index in [0.717, 1.165) is 5.71 Å². The van der Waals surface area contributed by atoms with Crippen LogP contribution in [0.1, 0.15) is 44.9 Å². The highest BCUT2D eigenvalue weighted by Crippen LogP contribution is 2.54. The van der Waals surface area contributed by atoms with Crippen molar-refractivity contribution in [3.63, 3.8) is 0 Å². The lowest BCUT2D eigenvalue weighted by Gasteiger charge is -2.34. The van der Waals surface area contributed by atoms with Gasteiger partial charge in [-0.05, 0) is 44.4 Å². The Morgan fingerprint density at radius 1 is 1.00 bits per heavy atom. The van der Waals surface area contributed by atoms with E-state index < -0.39 is 42.7 Å². The molecule has 2 nitrogen and oxygen atoms in total. The minimum atomic E-state index is -6.86. The van der Waals surface area contributed by atoms with Gasteiger partial charge in [0.05, 0.1) is 6.07 Å². The second-order valence-corrected chi connectivity index (χ2v) is 6.61. The summed E-state index contributed by atoms with van der Waals surface area (Å²) in [5.74, 6) is -20.0. The lowest BCUT2D eigenvalue weighted by atomic mass is 9.77. The van der Waals surface area contributed by atoms with Gasteiger partial charge in [-0.2, -0.15) is 44.8 Å². The van der Waals surface area contributed by atoms with Crippen molar-refractivity contribution in [2.24, 2.45) is 16.8 Å². The summed E-state index contributed by atoms with van der Waals surface area (Å²) in [5, 5.41) is 9.14. The number of halogens is 9. The Kier molecular flexibility index (Phi) is 7.22. The number of rotatable bonds is 7. The Bertz CT molecular complexity index is 565. The van der Waals surface area contributed by atoms with Crippen LogP contribution in [-0.2, 0) is 0 Å². The summed E-state index contributed by atoms with van der Waals surface area (Å²) in [6, 6.07) is 1.88. The van der Waals surface area contributed by atoms with Crippen LogP contribution in [0, 0.1) is 23.2 Å². The summed E-state index contributed by atoms with van der Waals surface area (Å²) >= 11 is 0. The maximum absolute atomic E-state index is 13.5. The minimum absolute atomic E-state index is 0.189. The lowest BCUT2D eigenvalue weighted by molar-refractivity contribution is -0.396. The fraction of sp³-hybridized carbons (Fsp3) is 0.875. The zero-order valence-corrected chi connectivity index (χ0v) is 14.4. The summed E-state index contributed by atoms with van der Waals surface area (Å²) in [4.78, 5) is 4.02. The third-order valence-corrected chi connectivity index (χ3v) is 4.87. The third kappa shape index (κ3) is 4.88. The normalized spacial score (nSPS) is 20.9. The highest BCUT2D eigenvalue weighted by molar-refractivity contribution is 5.84. The van der Waals surface area contributed by atoms with Crippen molar-refractivity contribution in [1.82, 2.24) is 0 Å². The summed E-state index contributed by atoms with van der Waals surface area (Å²) in [6.07, 6.45) is -7.46. The van der Waals surface area contributed by atoms with E-state index in [1.165, 1.54) is 0 Å². The predicted octanol–water partition coefficient (Wildman–Crippen LogP) is 6.03. The fourth-order valence-electron chi connectivity index (χ4n) is 3.11. The molecule has 0 amide bonds. The van der Waals surface area contributed by atoms with E-state index in [9.17, 15) is 39.5 Å². The molecule has 0 aromatic rings. The van der Waals surface area contributed by atoms with Gasteiger partial charge in [-0.15, -0.1) is 0 Å². The molecule has 11 heteroatoms. The zero-order chi connectivity index (χ0) is 21.1. The first-order valence-electron chi connectivity index (χ1n) is 8.25. The molecular weight excluding hydrogens is 391 g/mol. The van der Waals surface area contributed by atoms with Crippen LogP contribution in [-0.4, -0.2) is 36.7 Å². The molecule has 156 valence electrons. The number of hydrogen-bond acceptors (Lipinski definition) is 2. The average molecular weight is 410 g/mol. The van der Waals surface area contributed by atoms with Crippen LogP contribution in [0.3, 0.4) is 0 Å². The summed E-state index contributed by atoms with van der Waals surface area (Å²) < 4.78 is 115. The number of hydrogen-bond donors (Lipinski definition) is 0. The van der Waals surface area contributed by atoms with Gasteiger partial charge in [0, 0.05) is 25.1 Å². The van der Waals surface area contributed by atoms with Crippen molar-refractivity contribution >= 4 is 5.71 Å². The molecule has 0 bridgehead atoms. The maximum Gasteiger partial charge on any atom is 0.460 e. The molecule has 1 atom stereocenters. The van der Waals surface area contributed by atoms with Gasteiger partial charge in [-0.25, -0.2) is 0 Å². The number of aliphatic imine (C=N–C) groups is 1. The predicted molar refractivity (Wildman–Crippen MR) is 79.2 cm³/mol. The molecule has 27 heavy (non-hydrogen) atoms. The number of nitrogens with zero attached hydrogens (tertiary/aromatic N) is 2. The highest BCUT2D eigenvalue weighted by atomic mass is 19.4. The first-order chi connectivity index (χ1) is 12.2. The van der Waals surface area contributed by atoms with Crippen molar-refractivity contribution in [3.8, 4) is 6.07 Å². The van der Waals surface area contributed by atoms with E-state index in [1.807, 2.05) is 6.07 Å².